The highest BCUT2D eigenvalue weighted by molar-refractivity contribution is 5.97. The molecule has 3 rings (SSSR count). The Morgan fingerprint density at radius 2 is 2.18 bits per heavy atom. The van der Waals surface area contributed by atoms with E-state index in [1.165, 1.54) is 0 Å². The maximum absolute atomic E-state index is 13.1. The maximum Gasteiger partial charge on any atom is 0.258 e. The topological polar surface area (TPSA) is 89.7 Å². The van der Waals surface area contributed by atoms with E-state index in [0.29, 0.717) is 41.7 Å². The average molecular weight is 411 g/mol. The van der Waals surface area contributed by atoms with Gasteiger partial charge in [-0.3, -0.25) is 4.79 Å². The molecule has 8 nitrogen and oxygen atoms in total. The smallest absolute Gasteiger partial charge is 0.258 e. The minimum atomic E-state index is -0.213. The number of likely N-dealkylation sites (N-methyl/N-ethyl adjacent to an activating group) is 1. The van der Waals surface area contributed by atoms with Crippen LogP contribution in [0.5, 0.6) is 11.5 Å². The van der Waals surface area contributed by atoms with Crippen LogP contribution in [0.25, 0.3) is 0 Å². The average Bonchev–Trinajstić information content (AvgIpc) is 3.35. The number of carbonyl (C=O) groups is 1. The predicted molar refractivity (Wildman–Crippen MR) is 106 cm³/mol. The van der Waals surface area contributed by atoms with E-state index in [-0.39, 0.29) is 30.4 Å². The molecule has 0 aliphatic carbocycles. The zero-order valence-electron chi connectivity index (χ0n) is 16.6. The van der Waals surface area contributed by atoms with Crippen molar-refractivity contribution < 1.29 is 18.8 Å². The molecule has 0 saturated carbocycles. The first-order valence-electron chi connectivity index (χ1n) is 9.10. The van der Waals surface area contributed by atoms with Gasteiger partial charge >= 0.3 is 0 Å². The van der Waals surface area contributed by atoms with Crippen LogP contribution < -0.4 is 14.8 Å². The van der Waals surface area contributed by atoms with Gasteiger partial charge in [-0.25, -0.2) is 0 Å². The summed E-state index contributed by atoms with van der Waals surface area (Å²) in [6.45, 7) is 2.70. The molecule has 2 unspecified atom stereocenters. The fraction of sp³-hybridized carbons (Fsp3) is 0.526. The molecular weight excluding hydrogens is 384 g/mol. The zero-order valence-corrected chi connectivity index (χ0v) is 17.4. The van der Waals surface area contributed by atoms with Crippen LogP contribution in [0.3, 0.4) is 0 Å². The van der Waals surface area contributed by atoms with Crippen molar-refractivity contribution in [3.05, 3.63) is 35.5 Å². The van der Waals surface area contributed by atoms with E-state index in [0.717, 1.165) is 12.8 Å². The summed E-state index contributed by atoms with van der Waals surface area (Å²) in [5, 5.41) is 7.22. The van der Waals surface area contributed by atoms with Crippen LogP contribution in [-0.4, -0.2) is 54.8 Å². The molecule has 1 fully saturated rings. The van der Waals surface area contributed by atoms with E-state index in [1.54, 1.807) is 37.3 Å². The molecule has 9 heteroatoms. The van der Waals surface area contributed by atoms with Gasteiger partial charge in [-0.05, 0) is 38.9 Å². The third-order valence-electron chi connectivity index (χ3n) is 4.90. The molecule has 0 spiro atoms. The maximum atomic E-state index is 13.1. The molecule has 1 aliphatic rings. The Labute approximate surface area is 171 Å². The lowest BCUT2D eigenvalue weighted by Gasteiger charge is -2.23. The van der Waals surface area contributed by atoms with Crippen LogP contribution in [0.15, 0.2) is 22.7 Å². The lowest BCUT2D eigenvalue weighted by molar-refractivity contribution is 0.0706. The highest BCUT2D eigenvalue weighted by Gasteiger charge is 2.35. The molecule has 1 aromatic heterocycles. The predicted octanol–water partition coefficient (Wildman–Crippen LogP) is 2.64. The largest absolute Gasteiger partial charge is 0.497 e. The van der Waals surface area contributed by atoms with Gasteiger partial charge in [0.15, 0.2) is 5.82 Å². The minimum absolute atomic E-state index is 0. The molecule has 0 radical (unpaired) electrons. The number of rotatable bonds is 7. The van der Waals surface area contributed by atoms with Gasteiger partial charge in [0, 0.05) is 25.1 Å². The first-order valence-corrected chi connectivity index (χ1v) is 9.10. The number of likely N-dealkylation sites (tertiary alicyclic amines) is 1. The van der Waals surface area contributed by atoms with Gasteiger partial charge < -0.3 is 24.2 Å². The van der Waals surface area contributed by atoms with E-state index >= 15 is 0 Å². The van der Waals surface area contributed by atoms with Crippen LogP contribution in [0, 0.1) is 0 Å². The SMILES string of the molecule is CNC(C)Cc1noc(C2CCCN2C(=O)c2ccc(OC)cc2OC)n1.Cl. The number of methoxy groups -OCH3 is 2. The lowest BCUT2D eigenvalue weighted by Crippen LogP contribution is -2.31. The van der Waals surface area contributed by atoms with Crippen molar-refractivity contribution in [2.24, 2.45) is 0 Å². The third-order valence-corrected chi connectivity index (χ3v) is 4.90. The van der Waals surface area contributed by atoms with Gasteiger partial charge in [-0.1, -0.05) is 5.16 Å². The van der Waals surface area contributed by atoms with Crippen LogP contribution in [0.2, 0.25) is 0 Å². The second kappa shape index (κ2) is 9.75. The van der Waals surface area contributed by atoms with Crippen molar-refractivity contribution in [2.45, 2.75) is 38.3 Å². The van der Waals surface area contributed by atoms with Gasteiger partial charge in [0.25, 0.3) is 5.91 Å². The summed E-state index contributed by atoms with van der Waals surface area (Å²) in [5.74, 6) is 2.15. The second-order valence-corrected chi connectivity index (χ2v) is 6.67. The summed E-state index contributed by atoms with van der Waals surface area (Å²) in [6, 6.07) is 5.23. The number of nitrogens with zero attached hydrogens (tertiary/aromatic N) is 3. The summed E-state index contributed by atoms with van der Waals surface area (Å²) >= 11 is 0. The lowest BCUT2D eigenvalue weighted by atomic mass is 10.1. The number of ether oxygens (including phenoxy) is 2. The number of amides is 1. The van der Waals surface area contributed by atoms with Gasteiger partial charge in [-0.15, -0.1) is 12.4 Å². The number of aromatic nitrogens is 2. The normalized spacial score (nSPS) is 17.1. The second-order valence-electron chi connectivity index (χ2n) is 6.67. The summed E-state index contributed by atoms with van der Waals surface area (Å²) in [5.41, 5.74) is 0.494. The fourth-order valence-electron chi connectivity index (χ4n) is 3.26. The first kappa shape index (κ1) is 22.0. The highest BCUT2D eigenvalue weighted by atomic mass is 35.5. The van der Waals surface area contributed by atoms with Gasteiger partial charge in [0.1, 0.15) is 17.5 Å². The molecule has 28 heavy (non-hydrogen) atoms. The Morgan fingerprint density at radius 3 is 2.86 bits per heavy atom. The Balaban J connectivity index is 0.00000280. The highest BCUT2D eigenvalue weighted by Crippen LogP contribution is 2.34. The standard InChI is InChI=1S/C19H26N4O4.ClH/c1-12(20-2)10-17-21-18(27-22-17)15-6-5-9-23(15)19(24)14-8-7-13(25-3)11-16(14)26-4;/h7-8,11-12,15,20H,5-6,9-10H2,1-4H3;1H. The van der Waals surface area contributed by atoms with E-state index < -0.39 is 0 Å². The summed E-state index contributed by atoms with van der Waals surface area (Å²) in [6.07, 6.45) is 2.36. The van der Waals surface area contributed by atoms with Crippen LogP contribution >= 0.6 is 12.4 Å². The molecule has 1 saturated heterocycles. The van der Waals surface area contributed by atoms with Crippen molar-refractivity contribution >= 4 is 18.3 Å². The minimum Gasteiger partial charge on any atom is -0.497 e. The number of hydrogen-bond donors (Lipinski definition) is 1. The molecule has 2 aromatic rings. The summed E-state index contributed by atoms with van der Waals surface area (Å²) in [4.78, 5) is 19.4. The van der Waals surface area contributed by atoms with Crippen LogP contribution in [0.4, 0.5) is 0 Å². The Bertz CT molecular complexity index is 798. The van der Waals surface area contributed by atoms with E-state index in [1.807, 2.05) is 7.05 Å². The van der Waals surface area contributed by atoms with Crippen molar-refractivity contribution in [3.63, 3.8) is 0 Å². The van der Waals surface area contributed by atoms with Crippen LogP contribution in [0.1, 0.15) is 47.9 Å². The molecule has 1 aliphatic heterocycles. The molecule has 154 valence electrons. The summed E-state index contributed by atoms with van der Waals surface area (Å²) in [7, 11) is 5.01. The van der Waals surface area contributed by atoms with Crippen molar-refractivity contribution in [1.82, 2.24) is 20.4 Å². The Hall–Kier alpha value is -2.32. The van der Waals surface area contributed by atoms with Gasteiger partial charge in [0.2, 0.25) is 5.89 Å². The monoisotopic (exact) mass is 410 g/mol. The molecule has 2 heterocycles. The summed E-state index contributed by atoms with van der Waals surface area (Å²) < 4.78 is 16.1. The molecule has 1 N–H and O–H groups in total. The zero-order chi connectivity index (χ0) is 19.4. The van der Waals surface area contributed by atoms with Gasteiger partial charge in [0.05, 0.1) is 19.8 Å². The third kappa shape index (κ3) is 4.56. The van der Waals surface area contributed by atoms with E-state index in [4.69, 9.17) is 14.0 Å². The molecule has 2 atom stereocenters. The van der Waals surface area contributed by atoms with Crippen molar-refractivity contribution in [1.29, 1.82) is 0 Å². The fourth-order valence-corrected chi connectivity index (χ4v) is 3.26. The number of carbonyl (C=O) groups excluding carboxylic acids is 1. The van der Waals surface area contributed by atoms with Crippen molar-refractivity contribution in [3.8, 4) is 11.5 Å². The number of benzene rings is 1. The number of hydrogen-bond acceptors (Lipinski definition) is 7. The van der Waals surface area contributed by atoms with Gasteiger partial charge in [-0.2, -0.15) is 4.98 Å². The van der Waals surface area contributed by atoms with Crippen LogP contribution in [-0.2, 0) is 6.42 Å². The number of halogens is 1. The van der Waals surface area contributed by atoms with Crippen molar-refractivity contribution in [2.75, 3.05) is 27.8 Å². The molecule has 1 amide bonds. The quantitative estimate of drug-likeness (QED) is 0.750. The Morgan fingerprint density at radius 1 is 1.39 bits per heavy atom. The number of nitrogens with one attached hydrogen (secondary N) is 1. The molecular formula is C19H27ClN4O4. The van der Waals surface area contributed by atoms with E-state index in [9.17, 15) is 4.79 Å². The van der Waals surface area contributed by atoms with E-state index in [2.05, 4.69) is 22.4 Å². The molecule has 0 bridgehead atoms. The first-order chi connectivity index (χ1) is 13.1. The molecule has 1 aromatic carbocycles. The Kier molecular flexibility index (Phi) is 7.65.